The summed E-state index contributed by atoms with van der Waals surface area (Å²) in [6, 6.07) is 7.01. The fourth-order valence-electron chi connectivity index (χ4n) is 4.81. The van der Waals surface area contributed by atoms with Crippen LogP contribution in [-0.2, 0) is 4.79 Å². The van der Waals surface area contributed by atoms with Crippen LogP contribution in [0.2, 0.25) is 0 Å². The molecule has 0 bridgehead atoms. The van der Waals surface area contributed by atoms with Gasteiger partial charge in [-0.25, -0.2) is 18.7 Å². The third kappa shape index (κ3) is 5.69. The molecule has 3 heterocycles. The number of piperidine rings is 1. The second-order valence-electron chi connectivity index (χ2n) is 9.36. The van der Waals surface area contributed by atoms with E-state index < -0.39 is 24.4 Å². The van der Waals surface area contributed by atoms with Gasteiger partial charge in [0.2, 0.25) is 5.91 Å². The van der Waals surface area contributed by atoms with E-state index in [2.05, 4.69) is 20.6 Å². The lowest BCUT2D eigenvalue weighted by Crippen LogP contribution is -2.55. The molecular weight excluding hydrogens is 440 g/mol. The van der Waals surface area contributed by atoms with Gasteiger partial charge >= 0.3 is 0 Å². The number of carbonyl (C=O) groups excluding carboxylic acids is 2. The van der Waals surface area contributed by atoms with Crippen molar-refractivity contribution in [1.29, 1.82) is 0 Å². The first kappa shape index (κ1) is 24.0. The molecule has 7 nitrogen and oxygen atoms in total. The van der Waals surface area contributed by atoms with E-state index in [0.29, 0.717) is 23.1 Å². The fraction of sp³-hybridized carbons (Fsp3) is 0.520. The van der Waals surface area contributed by atoms with Crippen LogP contribution in [-0.4, -0.2) is 51.7 Å². The highest BCUT2D eigenvalue weighted by molar-refractivity contribution is 5.94. The molecule has 2 aliphatic rings. The Balaban J connectivity index is 1.55. The van der Waals surface area contributed by atoms with Crippen molar-refractivity contribution in [2.45, 2.75) is 70.3 Å². The predicted molar refractivity (Wildman–Crippen MR) is 125 cm³/mol. The van der Waals surface area contributed by atoms with Crippen LogP contribution in [0, 0.1) is 6.92 Å². The predicted octanol–water partition coefficient (Wildman–Crippen LogP) is 4.56. The fourth-order valence-corrected chi connectivity index (χ4v) is 4.81. The van der Waals surface area contributed by atoms with Crippen molar-refractivity contribution in [3.05, 3.63) is 47.3 Å². The molecule has 1 saturated carbocycles. The number of hydrogen-bond donors (Lipinski definition) is 2. The molecule has 1 unspecified atom stereocenters. The minimum Gasteiger partial charge on any atom is -0.354 e. The van der Waals surface area contributed by atoms with Crippen LogP contribution in [0.1, 0.15) is 73.0 Å². The maximum atomic E-state index is 14.2. The highest BCUT2D eigenvalue weighted by Crippen LogP contribution is 2.35. The SMILES string of the molecule is CC(=O)NCC1CCC(F)(F)CN1C(=O)c1nc(Nc2cc(C3CCCC3)ccn2)ccc1C. The topological polar surface area (TPSA) is 87.2 Å². The molecule has 2 amide bonds. The van der Waals surface area contributed by atoms with Crippen molar-refractivity contribution in [3.8, 4) is 0 Å². The Morgan fingerprint density at radius 1 is 1.15 bits per heavy atom. The summed E-state index contributed by atoms with van der Waals surface area (Å²) in [4.78, 5) is 34.7. The lowest BCUT2D eigenvalue weighted by molar-refractivity contribution is -0.119. The summed E-state index contributed by atoms with van der Waals surface area (Å²) in [6.07, 6.45) is 6.36. The van der Waals surface area contributed by atoms with Crippen molar-refractivity contribution in [3.63, 3.8) is 0 Å². The Hall–Kier alpha value is -3.10. The molecule has 2 N–H and O–H groups in total. The summed E-state index contributed by atoms with van der Waals surface area (Å²) in [5.41, 5.74) is 1.94. The molecule has 1 aliphatic heterocycles. The molecule has 2 aromatic heterocycles. The smallest absolute Gasteiger partial charge is 0.273 e. The monoisotopic (exact) mass is 471 g/mol. The summed E-state index contributed by atoms with van der Waals surface area (Å²) < 4.78 is 28.4. The zero-order valence-electron chi connectivity index (χ0n) is 19.6. The molecule has 1 aliphatic carbocycles. The minimum atomic E-state index is -2.98. The molecule has 182 valence electrons. The van der Waals surface area contributed by atoms with E-state index in [1.807, 2.05) is 12.1 Å². The van der Waals surface area contributed by atoms with Gasteiger partial charge in [-0.2, -0.15) is 0 Å². The standard InChI is InChI=1S/C25H31F2N5O2/c1-16-7-8-21(30-22-13-19(10-12-28-22)18-5-3-4-6-18)31-23(16)24(34)32-15-25(26,27)11-9-20(32)14-29-17(2)33/h7-8,10,12-13,18,20H,3-6,9,11,14-15H2,1-2H3,(H,29,33)(H,28,30,31). The number of halogens is 2. The third-order valence-corrected chi connectivity index (χ3v) is 6.70. The van der Waals surface area contributed by atoms with Crippen molar-refractivity contribution in [2.24, 2.45) is 0 Å². The zero-order chi connectivity index (χ0) is 24.3. The number of pyridine rings is 2. The third-order valence-electron chi connectivity index (χ3n) is 6.70. The van der Waals surface area contributed by atoms with Gasteiger partial charge in [-0.15, -0.1) is 0 Å². The normalized spacial score (nSPS) is 20.2. The summed E-state index contributed by atoms with van der Waals surface area (Å²) in [5, 5.41) is 5.81. The minimum absolute atomic E-state index is 0.105. The van der Waals surface area contributed by atoms with Crippen LogP contribution < -0.4 is 10.6 Å². The number of likely N-dealkylation sites (tertiary alicyclic amines) is 1. The van der Waals surface area contributed by atoms with E-state index in [1.165, 1.54) is 38.2 Å². The van der Waals surface area contributed by atoms with E-state index in [4.69, 9.17) is 0 Å². The largest absolute Gasteiger partial charge is 0.354 e. The molecule has 9 heteroatoms. The first-order valence-electron chi connectivity index (χ1n) is 11.9. The van der Waals surface area contributed by atoms with Crippen LogP contribution in [0.5, 0.6) is 0 Å². The Kier molecular flexibility index (Phi) is 7.09. The number of anilines is 2. The highest BCUT2D eigenvalue weighted by Gasteiger charge is 2.42. The van der Waals surface area contributed by atoms with E-state index in [-0.39, 0.29) is 31.0 Å². The molecule has 34 heavy (non-hydrogen) atoms. The van der Waals surface area contributed by atoms with E-state index >= 15 is 0 Å². The Morgan fingerprint density at radius 2 is 1.91 bits per heavy atom. The van der Waals surface area contributed by atoms with Crippen LogP contribution in [0.25, 0.3) is 0 Å². The van der Waals surface area contributed by atoms with E-state index in [0.717, 1.165) is 4.90 Å². The summed E-state index contributed by atoms with van der Waals surface area (Å²) in [5.74, 6) is -2.22. The maximum Gasteiger partial charge on any atom is 0.273 e. The van der Waals surface area contributed by atoms with Crippen molar-refractivity contribution < 1.29 is 18.4 Å². The first-order chi connectivity index (χ1) is 16.2. The number of aromatic nitrogens is 2. The van der Waals surface area contributed by atoms with Gasteiger partial charge in [-0.1, -0.05) is 18.9 Å². The summed E-state index contributed by atoms with van der Waals surface area (Å²) in [7, 11) is 0. The number of aryl methyl sites for hydroxylation is 1. The van der Waals surface area contributed by atoms with Gasteiger partial charge in [0.05, 0.1) is 6.54 Å². The Morgan fingerprint density at radius 3 is 2.65 bits per heavy atom. The van der Waals surface area contributed by atoms with Crippen LogP contribution >= 0.6 is 0 Å². The summed E-state index contributed by atoms with van der Waals surface area (Å²) >= 11 is 0. The van der Waals surface area contributed by atoms with E-state index in [9.17, 15) is 18.4 Å². The Bertz CT molecular complexity index is 1060. The summed E-state index contributed by atoms with van der Waals surface area (Å²) in [6.45, 7) is 2.53. The van der Waals surface area contributed by atoms with Gasteiger partial charge in [-0.3, -0.25) is 9.59 Å². The number of alkyl halides is 2. The molecule has 0 radical (unpaired) electrons. The molecule has 1 atom stereocenters. The van der Waals surface area contributed by atoms with Gasteiger partial charge in [-0.05, 0) is 61.4 Å². The molecule has 1 saturated heterocycles. The molecule has 2 aromatic rings. The van der Waals surface area contributed by atoms with Crippen molar-refractivity contribution >= 4 is 23.5 Å². The second-order valence-corrected chi connectivity index (χ2v) is 9.36. The molecule has 4 rings (SSSR count). The molecule has 2 fully saturated rings. The molecule has 0 aromatic carbocycles. The highest BCUT2D eigenvalue weighted by atomic mass is 19.3. The first-order valence-corrected chi connectivity index (χ1v) is 11.9. The van der Waals surface area contributed by atoms with Crippen LogP contribution in [0.3, 0.4) is 0 Å². The number of amides is 2. The van der Waals surface area contributed by atoms with Gasteiger partial charge in [0.25, 0.3) is 11.8 Å². The van der Waals surface area contributed by atoms with Gasteiger partial charge in [0.1, 0.15) is 17.3 Å². The number of hydrogen-bond acceptors (Lipinski definition) is 5. The zero-order valence-corrected chi connectivity index (χ0v) is 19.6. The maximum absolute atomic E-state index is 14.2. The quantitative estimate of drug-likeness (QED) is 0.645. The Labute approximate surface area is 198 Å². The molecular formula is C25H31F2N5O2. The number of nitrogens with one attached hydrogen (secondary N) is 2. The average molecular weight is 472 g/mol. The van der Waals surface area contributed by atoms with Gasteiger partial charge < -0.3 is 15.5 Å². The number of carbonyl (C=O) groups is 2. The van der Waals surface area contributed by atoms with Gasteiger partial charge in [0, 0.05) is 32.1 Å². The number of nitrogens with zero attached hydrogens (tertiary/aromatic N) is 3. The lowest BCUT2D eigenvalue weighted by Gasteiger charge is -2.39. The van der Waals surface area contributed by atoms with E-state index in [1.54, 1.807) is 25.3 Å². The molecule has 0 spiro atoms. The lowest BCUT2D eigenvalue weighted by atomic mass is 9.98. The number of rotatable bonds is 6. The van der Waals surface area contributed by atoms with Crippen molar-refractivity contribution in [2.75, 3.05) is 18.4 Å². The second kappa shape index (κ2) is 10.0. The average Bonchev–Trinajstić information content (AvgIpc) is 3.34. The van der Waals surface area contributed by atoms with Gasteiger partial charge in [0.15, 0.2) is 0 Å². The van der Waals surface area contributed by atoms with Crippen LogP contribution in [0.15, 0.2) is 30.5 Å². The van der Waals surface area contributed by atoms with Crippen molar-refractivity contribution in [1.82, 2.24) is 20.2 Å². The van der Waals surface area contributed by atoms with Crippen LogP contribution in [0.4, 0.5) is 20.4 Å².